The Labute approximate surface area is 128 Å². The number of hydrogen-bond acceptors (Lipinski definition) is 4. The summed E-state index contributed by atoms with van der Waals surface area (Å²) in [4.78, 5) is 16.9. The number of halogens is 4. The first-order chi connectivity index (χ1) is 9.82. The zero-order valence-electron chi connectivity index (χ0n) is 11.3. The van der Waals surface area contributed by atoms with Crippen molar-refractivity contribution in [1.82, 2.24) is 4.98 Å². The van der Waals surface area contributed by atoms with Crippen molar-refractivity contribution in [2.75, 3.05) is 18.1 Å². The Morgan fingerprint density at radius 1 is 1.52 bits per heavy atom. The Morgan fingerprint density at radius 2 is 2.19 bits per heavy atom. The molecule has 1 aromatic heterocycles. The van der Waals surface area contributed by atoms with Gasteiger partial charge in [0.05, 0.1) is 12.2 Å². The molecule has 0 amide bonds. The SMILES string of the molecule is CCOC(=O)CN(c1ncc(Br)cc1C(F)(F)F)C1CC1. The number of hydrogen-bond donors (Lipinski definition) is 0. The highest BCUT2D eigenvalue weighted by Crippen LogP contribution is 2.40. The van der Waals surface area contributed by atoms with Gasteiger partial charge in [-0.15, -0.1) is 0 Å². The van der Waals surface area contributed by atoms with E-state index in [4.69, 9.17) is 4.74 Å². The second-order valence-corrected chi connectivity index (χ2v) is 5.60. The van der Waals surface area contributed by atoms with E-state index in [0.29, 0.717) is 0 Å². The Kier molecular flexibility index (Phi) is 4.75. The van der Waals surface area contributed by atoms with Gasteiger partial charge in [0.2, 0.25) is 0 Å². The number of anilines is 1. The molecule has 1 aliphatic rings. The highest BCUT2D eigenvalue weighted by atomic mass is 79.9. The largest absolute Gasteiger partial charge is 0.465 e. The summed E-state index contributed by atoms with van der Waals surface area (Å²) in [6.45, 7) is 1.62. The molecule has 0 spiro atoms. The number of nitrogens with zero attached hydrogens (tertiary/aromatic N) is 2. The molecule has 1 aromatic rings. The van der Waals surface area contributed by atoms with Crippen LogP contribution < -0.4 is 4.90 Å². The lowest BCUT2D eigenvalue weighted by Crippen LogP contribution is -2.35. The first-order valence-corrected chi connectivity index (χ1v) is 7.27. The van der Waals surface area contributed by atoms with Crippen LogP contribution in [0.15, 0.2) is 16.7 Å². The first kappa shape index (κ1) is 16.1. The van der Waals surface area contributed by atoms with Crippen molar-refractivity contribution in [3.8, 4) is 0 Å². The second-order valence-electron chi connectivity index (χ2n) is 4.69. The van der Waals surface area contributed by atoms with Crippen molar-refractivity contribution in [3.05, 3.63) is 22.3 Å². The quantitative estimate of drug-likeness (QED) is 0.749. The van der Waals surface area contributed by atoms with Gasteiger partial charge in [-0.3, -0.25) is 4.79 Å². The fourth-order valence-electron chi connectivity index (χ4n) is 1.98. The predicted molar refractivity (Wildman–Crippen MR) is 73.9 cm³/mol. The van der Waals surface area contributed by atoms with Crippen LogP contribution in [0.3, 0.4) is 0 Å². The zero-order valence-corrected chi connectivity index (χ0v) is 12.9. The molecule has 0 N–H and O–H groups in total. The minimum Gasteiger partial charge on any atom is -0.465 e. The lowest BCUT2D eigenvalue weighted by atomic mass is 10.2. The van der Waals surface area contributed by atoms with Crippen molar-refractivity contribution < 1.29 is 22.7 Å². The summed E-state index contributed by atoms with van der Waals surface area (Å²) < 4.78 is 44.5. The molecule has 1 heterocycles. The van der Waals surface area contributed by atoms with Gasteiger partial charge < -0.3 is 9.64 Å². The minimum atomic E-state index is -4.53. The van der Waals surface area contributed by atoms with Gasteiger partial charge in [0.1, 0.15) is 12.4 Å². The standard InChI is InChI=1S/C13H14BrF3N2O2/c1-2-21-11(20)7-19(9-3-4-9)12-10(13(15,16)17)5-8(14)6-18-12/h5-6,9H,2-4,7H2,1H3. The molecule has 0 aromatic carbocycles. The van der Waals surface area contributed by atoms with Crippen LogP contribution in [-0.2, 0) is 15.7 Å². The average Bonchev–Trinajstić information content (AvgIpc) is 3.20. The van der Waals surface area contributed by atoms with Crippen molar-refractivity contribution in [3.63, 3.8) is 0 Å². The molecule has 8 heteroatoms. The lowest BCUT2D eigenvalue weighted by Gasteiger charge is -2.25. The molecule has 0 radical (unpaired) electrons. The molecule has 116 valence electrons. The number of rotatable bonds is 5. The monoisotopic (exact) mass is 366 g/mol. The summed E-state index contributed by atoms with van der Waals surface area (Å²) in [5, 5.41) is 0. The molecular weight excluding hydrogens is 353 g/mol. The predicted octanol–water partition coefficient (Wildman–Crippen LogP) is 3.39. The van der Waals surface area contributed by atoms with Gasteiger partial charge >= 0.3 is 12.1 Å². The van der Waals surface area contributed by atoms with E-state index in [0.717, 1.165) is 18.9 Å². The Morgan fingerprint density at radius 3 is 2.71 bits per heavy atom. The molecule has 0 aliphatic heterocycles. The fraction of sp³-hybridized carbons (Fsp3) is 0.538. The van der Waals surface area contributed by atoms with E-state index in [1.54, 1.807) is 6.92 Å². The maximum absolute atomic E-state index is 13.2. The third kappa shape index (κ3) is 4.09. The molecule has 0 saturated heterocycles. The third-order valence-electron chi connectivity index (χ3n) is 3.00. The number of carbonyl (C=O) groups excluding carboxylic acids is 1. The summed E-state index contributed by atoms with van der Waals surface area (Å²) >= 11 is 2.99. The number of esters is 1. The summed E-state index contributed by atoms with van der Waals surface area (Å²) in [6.07, 6.45) is -1.75. The topological polar surface area (TPSA) is 42.4 Å². The Hall–Kier alpha value is -1.31. The first-order valence-electron chi connectivity index (χ1n) is 6.48. The van der Waals surface area contributed by atoms with Gasteiger partial charge in [-0.25, -0.2) is 4.98 Å². The Balaban J connectivity index is 2.34. The molecule has 0 atom stereocenters. The molecule has 21 heavy (non-hydrogen) atoms. The van der Waals surface area contributed by atoms with E-state index in [1.807, 2.05) is 0 Å². The van der Waals surface area contributed by atoms with Crippen molar-refractivity contribution >= 4 is 27.7 Å². The van der Waals surface area contributed by atoms with Crippen LogP contribution in [0, 0.1) is 0 Å². The minimum absolute atomic E-state index is 0.0934. The van der Waals surface area contributed by atoms with Crippen LogP contribution in [0.2, 0.25) is 0 Å². The van der Waals surface area contributed by atoms with E-state index in [-0.39, 0.29) is 29.5 Å². The van der Waals surface area contributed by atoms with E-state index < -0.39 is 17.7 Å². The van der Waals surface area contributed by atoms with E-state index in [9.17, 15) is 18.0 Å². The molecule has 2 rings (SSSR count). The van der Waals surface area contributed by atoms with Crippen molar-refractivity contribution in [2.24, 2.45) is 0 Å². The fourth-order valence-corrected chi connectivity index (χ4v) is 2.31. The molecule has 1 aliphatic carbocycles. The third-order valence-corrected chi connectivity index (χ3v) is 3.44. The summed E-state index contributed by atoms with van der Waals surface area (Å²) in [6, 6.07) is 0.882. The number of ether oxygens (including phenoxy) is 1. The summed E-state index contributed by atoms with van der Waals surface area (Å²) in [5.74, 6) is -0.775. The summed E-state index contributed by atoms with van der Waals surface area (Å²) in [7, 11) is 0. The van der Waals surface area contributed by atoms with Crippen LogP contribution in [0.4, 0.5) is 19.0 Å². The van der Waals surface area contributed by atoms with Crippen LogP contribution in [0.25, 0.3) is 0 Å². The van der Waals surface area contributed by atoms with Crippen LogP contribution in [0.1, 0.15) is 25.3 Å². The number of alkyl halides is 3. The summed E-state index contributed by atoms with van der Waals surface area (Å²) in [5.41, 5.74) is -0.854. The van der Waals surface area contributed by atoms with E-state index in [1.165, 1.54) is 11.1 Å². The average molecular weight is 367 g/mol. The normalized spacial score (nSPS) is 14.9. The van der Waals surface area contributed by atoms with Gasteiger partial charge in [-0.05, 0) is 41.8 Å². The van der Waals surface area contributed by atoms with Gasteiger partial charge in [-0.2, -0.15) is 13.2 Å². The van der Waals surface area contributed by atoms with E-state index in [2.05, 4.69) is 20.9 Å². The molecule has 1 fully saturated rings. The lowest BCUT2D eigenvalue weighted by molar-refractivity contribution is -0.142. The zero-order chi connectivity index (χ0) is 15.6. The van der Waals surface area contributed by atoms with Gasteiger partial charge in [0.15, 0.2) is 0 Å². The Bertz CT molecular complexity index is 533. The number of aromatic nitrogens is 1. The molecule has 4 nitrogen and oxygen atoms in total. The van der Waals surface area contributed by atoms with Crippen LogP contribution in [-0.4, -0.2) is 30.1 Å². The van der Waals surface area contributed by atoms with Gasteiger partial charge in [-0.1, -0.05) is 0 Å². The molecule has 0 unspecified atom stereocenters. The van der Waals surface area contributed by atoms with Crippen LogP contribution >= 0.6 is 15.9 Å². The van der Waals surface area contributed by atoms with Crippen LogP contribution in [0.5, 0.6) is 0 Å². The van der Waals surface area contributed by atoms with Crippen molar-refractivity contribution in [2.45, 2.75) is 32.0 Å². The second kappa shape index (κ2) is 6.21. The maximum Gasteiger partial charge on any atom is 0.419 e. The highest BCUT2D eigenvalue weighted by Gasteiger charge is 2.40. The number of carbonyl (C=O) groups is 1. The van der Waals surface area contributed by atoms with Crippen molar-refractivity contribution in [1.29, 1.82) is 0 Å². The van der Waals surface area contributed by atoms with E-state index >= 15 is 0 Å². The molecule has 0 bridgehead atoms. The highest BCUT2D eigenvalue weighted by molar-refractivity contribution is 9.10. The molecule has 1 saturated carbocycles. The smallest absolute Gasteiger partial charge is 0.419 e. The van der Waals surface area contributed by atoms with Gasteiger partial charge in [0.25, 0.3) is 0 Å². The molecular formula is C13H14BrF3N2O2. The van der Waals surface area contributed by atoms with Gasteiger partial charge in [0, 0.05) is 16.7 Å². The maximum atomic E-state index is 13.2. The number of pyridine rings is 1.